The Kier molecular flexibility index (Phi) is 5.75. The van der Waals surface area contributed by atoms with E-state index in [1.165, 1.54) is 0 Å². The topological polar surface area (TPSA) is 83.7 Å². The summed E-state index contributed by atoms with van der Waals surface area (Å²) in [6, 6.07) is 16.7. The van der Waals surface area contributed by atoms with E-state index < -0.39 is 0 Å². The van der Waals surface area contributed by atoms with Crippen molar-refractivity contribution in [3.63, 3.8) is 0 Å². The second-order valence-corrected chi connectivity index (χ2v) is 8.97. The summed E-state index contributed by atoms with van der Waals surface area (Å²) in [4.78, 5) is 31.6. The van der Waals surface area contributed by atoms with Gasteiger partial charge in [0.2, 0.25) is 0 Å². The van der Waals surface area contributed by atoms with Crippen LogP contribution in [0, 0.1) is 6.92 Å². The van der Waals surface area contributed by atoms with Crippen LogP contribution in [0.2, 0.25) is 0 Å². The fourth-order valence-electron chi connectivity index (χ4n) is 3.74. The number of urea groups is 1. The number of pyridine rings is 1. The van der Waals surface area contributed by atoms with Crippen LogP contribution in [0.1, 0.15) is 16.0 Å². The summed E-state index contributed by atoms with van der Waals surface area (Å²) in [7, 11) is 0. The van der Waals surface area contributed by atoms with Gasteiger partial charge in [-0.15, -0.1) is 11.3 Å². The van der Waals surface area contributed by atoms with Gasteiger partial charge in [-0.1, -0.05) is 23.8 Å². The number of H-pyrrole nitrogens is 1. The highest BCUT2D eigenvalue weighted by Crippen LogP contribution is 2.33. The molecule has 168 valence electrons. The van der Waals surface area contributed by atoms with Gasteiger partial charge in [0.05, 0.1) is 18.6 Å². The number of aryl methyl sites for hydroxylation is 1. The van der Waals surface area contributed by atoms with Crippen LogP contribution in [0.15, 0.2) is 64.8 Å². The van der Waals surface area contributed by atoms with Gasteiger partial charge in [0.25, 0.3) is 5.56 Å². The molecule has 4 aromatic rings. The zero-order valence-electron chi connectivity index (χ0n) is 18.1. The predicted octanol–water partition coefficient (Wildman–Crippen LogP) is 4.90. The summed E-state index contributed by atoms with van der Waals surface area (Å²) in [5.41, 5.74) is 2.75. The van der Waals surface area contributed by atoms with E-state index in [0.717, 1.165) is 15.8 Å². The van der Waals surface area contributed by atoms with Crippen molar-refractivity contribution in [2.45, 2.75) is 20.0 Å². The van der Waals surface area contributed by atoms with Crippen molar-refractivity contribution in [3.05, 3.63) is 86.3 Å². The molecule has 2 amide bonds. The number of nitrogens with one attached hydrogen (secondary N) is 2. The number of carbonyl (C=O) groups is 1. The number of amides is 2. The molecule has 5 rings (SSSR count). The van der Waals surface area contributed by atoms with Gasteiger partial charge in [-0.25, -0.2) is 4.79 Å². The molecule has 2 aromatic heterocycles. The van der Waals surface area contributed by atoms with Gasteiger partial charge in [-0.05, 0) is 42.6 Å². The highest BCUT2D eigenvalue weighted by Gasteiger charge is 2.19. The third-order valence-electron chi connectivity index (χ3n) is 5.46. The number of carbonyl (C=O) groups excluding carboxylic acids is 1. The molecule has 2 aromatic carbocycles. The number of nitrogens with zero attached hydrogens (tertiary/aromatic N) is 1. The lowest BCUT2D eigenvalue weighted by Crippen LogP contribution is -2.35. The maximum Gasteiger partial charge on any atom is 0.322 e. The number of hydrogen-bond donors (Lipinski definition) is 2. The van der Waals surface area contributed by atoms with Crippen LogP contribution in [-0.4, -0.2) is 29.1 Å². The highest BCUT2D eigenvalue weighted by atomic mass is 32.1. The standard InChI is InChI=1S/C25H23N3O4S/c1-16-4-6-19(7-5-16)26-25(30)28(15-20-3-2-10-33-20)14-18-11-17-12-22-23(32-9-8-31-22)13-21(17)27-24(18)29/h2-7,10-13H,8-9,14-15H2,1H3,(H,26,30)(H,27,29). The van der Waals surface area contributed by atoms with E-state index in [1.54, 1.807) is 22.3 Å². The quantitative estimate of drug-likeness (QED) is 0.443. The smallest absolute Gasteiger partial charge is 0.322 e. The lowest BCUT2D eigenvalue weighted by atomic mass is 10.1. The first-order chi connectivity index (χ1) is 16.0. The Bertz CT molecular complexity index is 1350. The number of benzene rings is 2. The first-order valence-electron chi connectivity index (χ1n) is 10.7. The van der Waals surface area contributed by atoms with E-state index in [9.17, 15) is 9.59 Å². The molecule has 0 aliphatic carbocycles. The molecule has 1 aliphatic heterocycles. The number of thiophene rings is 1. The second-order valence-electron chi connectivity index (χ2n) is 7.94. The maximum atomic E-state index is 13.2. The number of rotatable bonds is 5. The van der Waals surface area contributed by atoms with Crippen molar-refractivity contribution >= 4 is 34.0 Å². The predicted molar refractivity (Wildman–Crippen MR) is 129 cm³/mol. The molecule has 0 radical (unpaired) electrons. The van der Waals surface area contributed by atoms with Crippen molar-refractivity contribution < 1.29 is 14.3 Å². The lowest BCUT2D eigenvalue weighted by molar-refractivity contribution is 0.172. The number of aromatic nitrogens is 1. The minimum Gasteiger partial charge on any atom is -0.486 e. The van der Waals surface area contributed by atoms with E-state index >= 15 is 0 Å². The average Bonchev–Trinajstić information content (AvgIpc) is 3.32. The van der Waals surface area contributed by atoms with Crippen LogP contribution in [0.25, 0.3) is 10.9 Å². The van der Waals surface area contributed by atoms with Crippen molar-refractivity contribution in [3.8, 4) is 11.5 Å². The molecular weight excluding hydrogens is 438 g/mol. The third kappa shape index (κ3) is 4.70. The summed E-state index contributed by atoms with van der Waals surface area (Å²) in [6.45, 7) is 3.52. The highest BCUT2D eigenvalue weighted by molar-refractivity contribution is 7.09. The van der Waals surface area contributed by atoms with Gasteiger partial charge in [0.1, 0.15) is 13.2 Å². The van der Waals surface area contributed by atoms with E-state index in [1.807, 2.05) is 60.8 Å². The fraction of sp³-hybridized carbons (Fsp3) is 0.200. The Morgan fingerprint density at radius 3 is 2.55 bits per heavy atom. The summed E-state index contributed by atoms with van der Waals surface area (Å²) >= 11 is 1.57. The van der Waals surface area contributed by atoms with Crippen molar-refractivity contribution in [1.82, 2.24) is 9.88 Å². The molecular formula is C25H23N3O4S. The van der Waals surface area contributed by atoms with Crippen molar-refractivity contribution in [2.75, 3.05) is 18.5 Å². The van der Waals surface area contributed by atoms with Crippen LogP contribution in [0.5, 0.6) is 11.5 Å². The summed E-state index contributed by atoms with van der Waals surface area (Å²) in [5, 5.41) is 5.74. The molecule has 0 bridgehead atoms. The number of aromatic amines is 1. The molecule has 0 unspecified atom stereocenters. The zero-order valence-corrected chi connectivity index (χ0v) is 18.9. The summed E-state index contributed by atoms with van der Waals surface area (Å²) < 4.78 is 11.3. The monoisotopic (exact) mass is 461 g/mol. The van der Waals surface area contributed by atoms with E-state index in [2.05, 4.69) is 10.3 Å². The van der Waals surface area contributed by atoms with Gasteiger partial charge in [0.15, 0.2) is 11.5 Å². The summed E-state index contributed by atoms with van der Waals surface area (Å²) in [6.07, 6.45) is 0. The minimum atomic E-state index is -0.270. The summed E-state index contributed by atoms with van der Waals surface area (Å²) in [5.74, 6) is 1.27. The average molecular weight is 462 g/mol. The zero-order chi connectivity index (χ0) is 22.8. The van der Waals surface area contributed by atoms with Gasteiger partial charge in [0, 0.05) is 27.6 Å². The lowest BCUT2D eigenvalue weighted by Gasteiger charge is -2.23. The van der Waals surface area contributed by atoms with Crippen LogP contribution in [0.3, 0.4) is 0 Å². The third-order valence-corrected chi connectivity index (χ3v) is 6.32. The number of anilines is 1. The molecule has 3 heterocycles. The normalized spacial score (nSPS) is 12.5. The molecule has 33 heavy (non-hydrogen) atoms. The minimum absolute atomic E-state index is 0.162. The molecule has 0 saturated heterocycles. The van der Waals surface area contributed by atoms with E-state index in [-0.39, 0.29) is 18.1 Å². The number of ether oxygens (including phenoxy) is 2. The number of fused-ring (bicyclic) bond motifs is 2. The molecule has 1 aliphatic rings. The molecule has 8 heteroatoms. The van der Waals surface area contributed by atoms with Gasteiger partial charge in [-0.2, -0.15) is 0 Å². The molecule has 7 nitrogen and oxygen atoms in total. The Morgan fingerprint density at radius 1 is 1.06 bits per heavy atom. The van der Waals surface area contributed by atoms with Crippen LogP contribution < -0.4 is 20.3 Å². The molecule has 0 spiro atoms. The van der Waals surface area contributed by atoms with Gasteiger partial charge in [-0.3, -0.25) is 4.79 Å². The van der Waals surface area contributed by atoms with E-state index in [4.69, 9.17) is 9.47 Å². The molecule has 0 saturated carbocycles. The van der Waals surface area contributed by atoms with Crippen LogP contribution >= 0.6 is 11.3 Å². The van der Waals surface area contributed by atoms with Crippen LogP contribution in [-0.2, 0) is 13.1 Å². The van der Waals surface area contributed by atoms with Crippen LogP contribution in [0.4, 0.5) is 10.5 Å². The van der Waals surface area contributed by atoms with Crippen molar-refractivity contribution in [1.29, 1.82) is 0 Å². The van der Waals surface area contributed by atoms with Gasteiger partial charge >= 0.3 is 6.03 Å². The fourth-order valence-corrected chi connectivity index (χ4v) is 4.46. The Balaban J connectivity index is 1.44. The largest absolute Gasteiger partial charge is 0.486 e. The molecule has 2 N–H and O–H groups in total. The second kappa shape index (κ2) is 8.99. The Labute approximate surface area is 194 Å². The first-order valence-corrected chi connectivity index (χ1v) is 11.5. The SMILES string of the molecule is Cc1ccc(NC(=O)N(Cc2cccs2)Cc2cc3cc4c(cc3[nH]c2=O)OCCO4)cc1. The van der Waals surface area contributed by atoms with E-state index in [0.29, 0.717) is 48.0 Å². The van der Waals surface area contributed by atoms with Crippen molar-refractivity contribution in [2.24, 2.45) is 0 Å². The first kappa shape index (κ1) is 21.1. The Hall–Kier alpha value is -3.78. The molecule has 0 fully saturated rings. The number of hydrogen-bond acceptors (Lipinski definition) is 5. The molecule has 0 atom stereocenters. The Morgan fingerprint density at radius 2 is 1.82 bits per heavy atom. The maximum absolute atomic E-state index is 13.2. The van der Waals surface area contributed by atoms with Gasteiger partial charge < -0.3 is 24.7 Å².